The average Bonchev–Trinajstić information content (AvgIpc) is 3.35. The average molecular weight is 497 g/mol. The van der Waals surface area contributed by atoms with E-state index in [1.54, 1.807) is 0 Å². The van der Waals surface area contributed by atoms with E-state index in [2.05, 4.69) is 60.0 Å². The number of rotatable bonds is 8. The van der Waals surface area contributed by atoms with Gasteiger partial charge < -0.3 is 15.2 Å². The summed E-state index contributed by atoms with van der Waals surface area (Å²) >= 11 is 0. The lowest BCUT2D eigenvalue weighted by molar-refractivity contribution is 0.267. The summed E-state index contributed by atoms with van der Waals surface area (Å²) in [4.78, 5) is 28.7. The molecule has 3 heterocycles. The molecule has 2 saturated carbocycles. The van der Waals surface area contributed by atoms with Crippen molar-refractivity contribution in [2.24, 2.45) is 23.2 Å². The van der Waals surface area contributed by atoms with Gasteiger partial charge in [-0.15, -0.1) is 0 Å². The lowest BCUT2D eigenvalue weighted by Crippen LogP contribution is -2.31. The van der Waals surface area contributed by atoms with Crippen LogP contribution in [0.2, 0.25) is 0 Å². The van der Waals surface area contributed by atoms with Crippen molar-refractivity contribution in [3.8, 4) is 11.6 Å². The zero-order valence-electron chi connectivity index (χ0n) is 22.2. The van der Waals surface area contributed by atoms with Gasteiger partial charge in [-0.3, -0.25) is 9.51 Å². The quantitative estimate of drug-likeness (QED) is 0.395. The second-order valence-electron chi connectivity index (χ2n) is 12.2. The number of hydrogen-bond donors (Lipinski definition) is 3. The minimum Gasteiger partial charge on any atom is -0.365 e. The minimum atomic E-state index is -0.629. The molecule has 0 radical (unpaired) electrons. The van der Waals surface area contributed by atoms with Gasteiger partial charge in [-0.05, 0) is 55.8 Å². The van der Waals surface area contributed by atoms with E-state index >= 15 is 0 Å². The maximum Gasteiger partial charge on any atom is 0.439 e. The van der Waals surface area contributed by atoms with Crippen LogP contribution in [0.4, 0.5) is 11.8 Å². The van der Waals surface area contributed by atoms with Crippen LogP contribution < -0.4 is 16.4 Å². The molecule has 196 valence electrons. The highest BCUT2D eigenvalue weighted by Crippen LogP contribution is 2.36. The van der Waals surface area contributed by atoms with Crippen molar-refractivity contribution < 1.29 is 4.52 Å². The van der Waals surface area contributed by atoms with Crippen LogP contribution in [0.3, 0.4) is 0 Å². The smallest absolute Gasteiger partial charge is 0.365 e. The van der Waals surface area contributed by atoms with Gasteiger partial charge in [0.05, 0.1) is 0 Å². The van der Waals surface area contributed by atoms with Crippen molar-refractivity contribution in [2.75, 3.05) is 17.2 Å². The number of hydrogen-bond acceptors (Lipinski definition) is 8. The molecule has 2 aliphatic rings. The number of aromatic amines is 1. The van der Waals surface area contributed by atoms with Crippen LogP contribution in [0.15, 0.2) is 9.32 Å². The lowest BCUT2D eigenvalue weighted by Gasteiger charge is -2.32. The molecule has 3 aromatic rings. The highest BCUT2D eigenvalue weighted by molar-refractivity contribution is 5.87. The first-order valence-corrected chi connectivity index (χ1v) is 13.5. The summed E-state index contributed by atoms with van der Waals surface area (Å²) in [6.45, 7) is 12.9. The monoisotopic (exact) mass is 496 g/mol. The largest absolute Gasteiger partial charge is 0.439 e. The van der Waals surface area contributed by atoms with Crippen LogP contribution in [0.5, 0.6) is 0 Å². The topological polar surface area (TPSA) is 127 Å². The Bertz CT molecular complexity index is 1240. The Morgan fingerprint density at radius 1 is 1.11 bits per heavy atom. The summed E-state index contributed by atoms with van der Waals surface area (Å²) in [6.07, 6.45) is 8.71. The minimum absolute atomic E-state index is 0.0973. The second-order valence-corrected chi connectivity index (χ2v) is 12.2. The Hall–Kier alpha value is -2.91. The Kier molecular flexibility index (Phi) is 6.78. The molecule has 36 heavy (non-hydrogen) atoms. The van der Waals surface area contributed by atoms with E-state index < -0.39 is 5.76 Å². The molecule has 0 bridgehead atoms. The number of nitrogens with zero attached hydrogens (tertiary/aromatic N) is 5. The van der Waals surface area contributed by atoms with Crippen LogP contribution in [-0.2, 0) is 6.54 Å². The van der Waals surface area contributed by atoms with Crippen LogP contribution in [0.1, 0.15) is 79.6 Å². The van der Waals surface area contributed by atoms with Crippen molar-refractivity contribution in [3.63, 3.8) is 0 Å². The zero-order valence-corrected chi connectivity index (χ0v) is 22.2. The molecule has 1 atom stereocenters. The van der Waals surface area contributed by atoms with Crippen molar-refractivity contribution in [1.82, 2.24) is 29.7 Å². The van der Waals surface area contributed by atoms with Gasteiger partial charge in [-0.25, -0.2) is 14.8 Å². The summed E-state index contributed by atoms with van der Waals surface area (Å²) in [5, 5.41) is 11.1. The molecule has 0 aliphatic heterocycles. The van der Waals surface area contributed by atoms with Gasteiger partial charge in [0, 0.05) is 19.1 Å². The third kappa shape index (κ3) is 5.42. The van der Waals surface area contributed by atoms with Crippen LogP contribution in [0.25, 0.3) is 22.8 Å². The Balaban J connectivity index is 1.59. The molecule has 2 fully saturated rings. The number of nitrogens with one attached hydrogen (secondary N) is 3. The summed E-state index contributed by atoms with van der Waals surface area (Å²) in [6, 6.07) is 0.269. The first kappa shape index (κ1) is 24.8. The second kappa shape index (κ2) is 9.86. The highest BCUT2D eigenvalue weighted by Gasteiger charge is 2.28. The van der Waals surface area contributed by atoms with Gasteiger partial charge in [-0.1, -0.05) is 52.1 Å². The molecule has 2 aliphatic carbocycles. The zero-order chi connectivity index (χ0) is 25.4. The van der Waals surface area contributed by atoms with Crippen molar-refractivity contribution in [2.45, 2.75) is 92.2 Å². The molecular weight excluding hydrogens is 456 g/mol. The van der Waals surface area contributed by atoms with E-state index in [0.29, 0.717) is 23.3 Å². The van der Waals surface area contributed by atoms with E-state index in [0.717, 1.165) is 36.3 Å². The van der Waals surface area contributed by atoms with E-state index in [9.17, 15) is 4.79 Å². The molecule has 3 N–H and O–H groups in total. The molecule has 0 aromatic carbocycles. The fourth-order valence-corrected chi connectivity index (χ4v) is 5.27. The van der Waals surface area contributed by atoms with Gasteiger partial charge >= 0.3 is 5.76 Å². The predicted octanol–water partition coefficient (Wildman–Crippen LogP) is 5.05. The lowest BCUT2D eigenvalue weighted by atomic mass is 9.80. The first-order valence-electron chi connectivity index (χ1n) is 13.5. The summed E-state index contributed by atoms with van der Waals surface area (Å²) in [5.41, 5.74) is 1.60. The van der Waals surface area contributed by atoms with Crippen LogP contribution in [-0.4, -0.2) is 42.2 Å². The molecule has 0 saturated heterocycles. The van der Waals surface area contributed by atoms with E-state index in [-0.39, 0.29) is 17.3 Å². The fourth-order valence-electron chi connectivity index (χ4n) is 5.27. The number of H-pyrrole nitrogens is 1. The maximum atomic E-state index is 11.6. The predicted molar refractivity (Wildman–Crippen MR) is 141 cm³/mol. The van der Waals surface area contributed by atoms with Gasteiger partial charge in [0.1, 0.15) is 5.52 Å². The molecule has 5 rings (SSSR count). The van der Waals surface area contributed by atoms with E-state index in [4.69, 9.17) is 19.5 Å². The van der Waals surface area contributed by atoms with Crippen LogP contribution >= 0.6 is 0 Å². The summed E-state index contributed by atoms with van der Waals surface area (Å²) < 4.78 is 7.02. The van der Waals surface area contributed by atoms with Gasteiger partial charge in [-0.2, -0.15) is 4.98 Å². The Labute approximate surface area is 212 Å². The third-order valence-electron chi connectivity index (χ3n) is 7.83. The molecule has 10 heteroatoms. The summed E-state index contributed by atoms with van der Waals surface area (Å²) in [7, 11) is 0. The van der Waals surface area contributed by atoms with Crippen molar-refractivity contribution in [3.05, 3.63) is 10.6 Å². The molecular formula is C26H40N8O2. The standard InChI is InChI=1S/C26H40N8O2/c1-15-9-11-17(12-10-15)13-34-19-20(28-16(2)18-7-6-8-18)29-22(23-32-25(35)36-33-23)30-21(19)31-24(34)27-14-26(3,4)5/h15-18H,6-14H2,1-5H3,(H,32,33,35)(H2,27,28,29,30,31)/t15-,16-,17-/m1/s1. The number of aromatic nitrogens is 6. The Morgan fingerprint density at radius 3 is 2.47 bits per heavy atom. The van der Waals surface area contributed by atoms with Gasteiger partial charge in [0.25, 0.3) is 0 Å². The van der Waals surface area contributed by atoms with Crippen molar-refractivity contribution >= 4 is 22.9 Å². The SMILES string of the molecule is C[C@@H](Nc1nc(-c2noc(=O)[nH]2)nc2nc(NCC(C)(C)C)n(C[C@H]3CC[C@H](C)CC3)c12)C1CCC1. The molecule has 0 amide bonds. The Morgan fingerprint density at radius 2 is 1.86 bits per heavy atom. The molecule has 3 aromatic heterocycles. The number of anilines is 2. The molecule has 10 nitrogen and oxygen atoms in total. The summed E-state index contributed by atoms with van der Waals surface area (Å²) in [5.74, 6) is 3.45. The van der Waals surface area contributed by atoms with Crippen molar-refractivity contribution in [1.29, 1.82) is 0 Å². The maximum absolute atomic E-state index is 11.6. The first-order chi connectivity index (χ1) is 17.2. The third-order valence-corrected chi connectivity index (χ3v) is 7.83. The molecule has 0 unspecified atom stereocenters. The van der Waals surface area contributed by atoms with E-state index in [1.165, 1.54) is 44.9 Å². The highest BCUT2D eigenvalue weighted by atomic mass is 16.5. The normalized spacial score (nSPS) is 21.9. The van der Waals surface area contributed by atoms with Gasteiger partial charge in [0.2, 0.25) is 17.6 Å². The molecule has 0 spiro atoms. The van der Waals surface area contributed by atoms with Crippen LogP contribution in [0, 0.1) is 23.2 Å². The number of imidazole rings is 1. The number of fused-ring (bicyclic) bond motifs is 1. The van der Waals surface area contributed by atoms with Gasteiger partial charge in [0.15, 0.2) is 11.5 Å². The fraction of sp³-hybridized carbons (Fsp3) is 0.731. The van der Waals surface area contributed by atoms with E-state index in [1.807, 2.05) is 0 Å².